The normalized spacial score (nSPS) is 14.1. The van der Waals surface area contributed by atoms with Gasteiger partial charge in [-0.05, 0) is 51.1 Å². The Morgan fingerprint density at radius 3 is 1.87 bits per heavy atom. The molecule has 0 aliphatic carbocycles. The fourth-order valence-corrected chi connectivity index (χ4v) is 4.95. The van der Waals surface area contributed by atoms with Crippen LogP contribution in [-0.4, -0.2) is 4.57 Å². The van der Waals surface area contributed by atoms with Crippen molar-refractivity contribution in [1.82, 2.24) is 4.57 Å². The van der Waals surface area contributed by atoms with Gasteiger partial charge in [-0.25, -0.2) is 0 Å². The van der Waals surface area contributed by atoms with Crippen molar-refractivity contribution in [3.05, 3.63) is 115 Å². The molecule has 1 heteroatoms. The molecule has 0 amide bonds. The second kappa shape index (κ2) is 6.20. The molecule has 0 N–H and O–H groups in total. The summed E-state index contributed by atoms with van der Waals surface area (Å²) in [5, 5.41) is 8.32. The molecule has 1 heterocycles. The first-order chi connectivity index (χ1) is 17.5. The van der Waals surface area contributed by atoms with E-state index in [0.29, 0.717) is 0 Å². The second-order valence-electron chi connectivity index (χ2n) is 7.84. The van der Waals surface area contributed by atoms with Gasteiger partial charge >= 0.3 is 0 Å². The summed E-state index contributed by atoms with van der Waals surface area (Å²) in [5.74, 6) is 0. The molecule has 1 nitrogen and oxygen atoms in total. The van der Waals surface area contributed by atoms with Gasteiger partial charge in [0, 0.05) is 21.8 Å². The van der Waals surface area contributed by atoms with Crippen LogP contribution in [0.25, 0.3) is 59.8 Å². The van der Waals surface area contributed by atoms with E-state index < -0.39 is 6.04 Å². The molecule has 0 fully saturated rings. The average Bonchev–Trinajstić information content (AvgIpc) is 3.24. The van der Waals surface area contributed by atoms with Gasteiger partial charge in [0.1, 0.15) is 0 Å². The molecule has 7 rings (SSSR count). The zero-order valence-electron chi connectivity index (χ0n) is 21.5. The lowest BCUT2D eigenvalue weighted by Gasteiger charge is -2.12. The van der Waals surface area contributed by atoms with Gasteiger partial charge in [0.25, 0.3) is 0 Å². The second-order valence-corrected chi connectivity index (χ2v) is 7.84. The van der Waals surface area contributed by atoms with Crippen LogP contribution in [0.3, 0.4) is 0 Å². The minimum atomic E-state index is -0.393. The molecule has 0 unspecified atom stereocenters. The van der Waals surface area contributed by atoms with Gasteiger partial charge < -0.3 is 4.57 Å². The van der Waals surface area contributed by atoms with Crippen molar-refractivity contribution in [3.63, 3.8) is 0 Å². The quantitative estimate of drug-likeness (QED) is 0.245. The van der Waals surface area contributed by atoms with E-state index >= 15 is 0 Å². The van der Waals surface area contributed by atoms with Crippen LogP contribution in [0.1, 0.15) is 6.85 Å². The molecule has 0 aliphatic rings. The predicted molar refractivity (Wildman–Crippen MR) is 133 cm³/mol. The molecule has 0 bridgehead atoms. The monoisotopic (exact) mass is 398 g/mol. The number of aromatic nitrogens is 1. The minimum absolute atomic E-state index is 0.164. The van der Waals surface area contributed by atoms with E-state index in [2.05, 4.69) is 42.5 Å². The third-order valence-corrected chi connectivity index (χ3v) is 6.21. The van der Waals surface area contributed by atoms with E-state index in [0.717, 1.165) is 54.1 Å². The van der Waals surface area contributed by atoms with Crippen LogP contribution in [0.5, 0.6) is 0 Å². The predicted octanol–water partition coefficient (Wildman–Crippen LogP) is 8.24. The standard InChI is InChI=1S/C30H19N/c1-2-12-22(13-3-1)31-28-19-21-11-5-4-10-20(21)18-27(28)29-25-16-8-6-14-23(25)24-15-7-9-17-26(24)30(29)31/h1-19H/i1D,2D,3D,12D,13D. The lowest BCUT2D eigenvalue weighted by Crippen LogP contribution is -1.94. The largest absolute Gasteiger partial charge is 0.309 e. The van der Waals surface area contributed by atoms with E-state index in [1.54, 1.807) is 0 Å². The molecule has 144 valence electrons. The van der Waals surface area contributed by atoms with Crippen molar-refractivity contribution in [2.24, 2.45) is 0 Å². The first-order valence-electron chi connectivity index (χ1n) is 12.8. The van der Waals surface area contributed by atoms with Gasteiger partial charge in [-0.2, -0.15) is 0 Å². The van der Waals surface area contributed by atoms with E-state index in [9.17, 15) is 0 Å². The zero-order chi connectivity index (χ0) is 24.7. The first kappa shape index (κ1) is 12.6. The number of para-hydroxylation sites is 1. The van der Waals surface area contributed by atoms with Crippen LogP contribution in [0, 0.1) is 0 Å². The van der Waals surface area contributed by atoms with E-state index in [4.69, 9.17) is 6.85 Å². The molecule has 0 spiro atoms. The van der Waals surface area contributed by atoms with Crippen LogP contribution in [0.15, 0.2) is 115 Å². The maximum atomic E-state index is 8.80. The van der Waals surface area contributed by atoms with E-state index in [1.807, 2.05) is 47.0 Å². The molecule has 1 aromatic heterocycles. The van der Waals surface area contributed by atoms with Gasteiger partial charge in [0.2, 0.25) is 0 Å². The number of hydrogen-bond acceptors (Lipinski definition) is 0. The zero-order valence-corrected chi connectivity index (χ0v) is 16.5. The number of hydrogen-bond donors (Lipinski definition) is 0. The Labute approximate surface area is 186 Å². The third kappa shape index (κ3) is 2.26. The van der Waals surface area contributed by atoms with Crippen LogP contribution in [0.2, 0.25) is 0 Å². The number of nitrogens with zero attached hydrogens (tertiary/aromatic N) is 1. The third-order valence-electron chi connectivity index (χ3n) is 6.21. The summed E-state index contributed by atoms with van der Waals surface area (Å²) in [7, 11) is 0. The molecular weight excluding hydrogens is 374 g/mol. The van der Waals surface area contributed by atoms with Crippen LogP contribution < -0.4 is 0 Å². The summed E-state index contributed by atoms with van der Waals surface area (Å²) < 4.78 is 44.3. The smallest absolute Gasteiger partial charge is 0.0645 e. The Morgan fingerprint density at radius 1 is 0.548 bits per heavy atom. The molecule has 31 heavy (non-hydrogen) atoms. The van der Waals surface area contributed by atoms with Crippen molar-refractivity contribution in [3.8, 4) is 5.69 Å². The highest BCUT2D eigenvalue weighted by molar-refractivity contribution is 6.32. The van der Waals surface area contributed by atoms with E-state index in [-0.39, 0.29) is 29.9 Å². The maximum absolute atomic E-state index is 8.80. The topological polar surface area (TPSA) is 4.93 Å². The maximum Gasteiger partial charge on any atom is 0.0645 e. The van der Waals surface area contributed by atoms with E-state index in [1.165, 1.54) is 0 Å². The van der Waals surface area contributed by atoms with Gasteiger partial charge in [-0.15, -0.1) is 0 Å². The van der Waals surface area contributed by atoms with Crippen molar-refractivity contribution in [2.45, 2.75) is 0 Å². The molecular formula is C30H19N. The molecule has 0 atom stereocenters. The minimum Gasteiger partial charge on any atom is -0.309 e. The van der Waals surface area contributed by atoms with Gasteiger partial charge in [0.05, 0.1) is 17.9 Å². The lowest BCUT2D eigenvalue weighted by molar-refractivity contribution is 1.19. The van der Waals surface area contributed by atoms with Crippen molar-refractivity contribution >= 4 is 54.1 Å². The average molecular weight is 399 g/mol. The molecule has 0 saturated carbocycles. The van der Waals surface area contributed by atoms with Gasteiger partial charge in [0.15, 0.2) is 0 Å². The molecule has 0 aliphatic heterocycles. The Hall–Kier alpha value is -4.10. The highest BCUT2D eigenvalue weighted by atomic mass is 15.0. The Kier molecular flexibility index (Phi) is 2.51. The van der Waals surface area contributed by atoms with Gasteiger partial charge in [-0.3, -0.25) is 0 Å². The summed E-state index contributed by atoms with van der Waals surface area (Å²) in [6, 6.07) is 27.2. The Bertz CT molecular complexity index is 2030. The molecule has 6 aromatic carbocycles. The number of rotatable bonds is 1. The van der Waals surface area contributed by atoms with Crippen molar-refractivity contribution < 1.29 is 6.85 Å². The molecule has 0 saturated heterocycles. The fraction of sp³-hybridized carbons (Fsp3) is 0. The summed E-state index contributed by atoms with van der Waals surface area (Å²) >= 11 is 0. The lowest BCUT2D eigenvalue weighted by atomic mass is 9.96. The number of benzene rings is 6. The summed E-state index contributed by atoms with van der Waals surface area (Å²) in [4.78, 5) is 0. The SMILES string of the molecule is [2H]c1c([2H])c([2H])c(-n2c3cc4ccccc4cc3c3c4ccccc4c4ccccc4c32)c([2H])c1[2H]. The van der Waals surface area contributed by atoms with Crippen LogP contribution in [-0.2, 0) is 0 Å². The van der Waals surface area contributed by atoms with Crippen LogP contribution in [0.4, 0.5) is 0 Å². The Morgan fingerprint density at radius 2 is 1.13 bits per heavy atom. The summed E-state index contributed by atoms with van der Waals surface area (Å²) in [6.45, 7) is 0. The van der Waals surface area contributed by atoms with Crippen LogP contribution >= 0.6 is 0 Å². The summed E-state index contributed by atoms with van der Waals surface area (Å²) in [5.41, 5.74) is 1.81. The first-order valence-corrected chi connectivity index (χ1v) is 10.3. The highest BCUT2D eigenvalue weighted by Crippen LogP contribution is 2.43. The highest BCUT2D eigenvalue weighted by Gasteiger charge is 2.19. The Balaban J connectivity index is 1.87. The molecule has 0 radical (unpaired) electrons. The van der Waals surface area contributed by atoms with Crippen molar-refractivity contribution in [2.75, 3.05) is 0 Å². The fourth-order valence-electron chi connectivity index (χ4n) is 4.95. The summed E-state index contributed by atoms with van der Waals surface area (Å²) in [6.07, 6.45) is 0. The molecule has 7 aromatic rings. The van der Waals surface area contributed by atoms with Gasteiger partial charge in [-0.1, -0.05) is 90.9 Å². The van der Waals surface area contributed by atoms with Crippen molar-refractivity contribution in [1.29, 1.82) is 0 Å². The number of fused-ring (bicyclic) bond motifs is 9.